The molecule has 1 saturated heterocycles. The number of hydrogen-bond acceptors (Lipinski definition) is 6. The largest absolute Gasteiger partial charge is 0.394 e. The number of anilines is 1. The maximum atomic E-state index is 9.36. The summed E-state index contributed by atoms with van der Waals surface area (Å²) < 4.78 is 5.32. The average molecular weight is 248 g/mol. The smallest absolute Gasteiger partial charge is 0.170 e. The normalized spacial score (nSPS) is 19.7. The maximum absolute atomic E-state index is 9.36. The van der Waals surface area contributed by atoms with Gasteiger partial charge in [0.2, 0.25) is 0 Å². The Morgan fingerprint density at radius 1 is 1.50 bits per heavy atom. The second kappa shape index (κ2) is 5.29. The van der Waals surface area contributed by atoms with Gasteiger partial charge in [-0.25, -0.2) is 0 Å². The lowest BCUT2D eigenvalue weighted by Gasteiger charge is -2.35. The molecule has 1 aromatic heterocycles. The zero-order valence-corrected chi connectivity index (χ0v) is 10.6. The van der Waals surface area contributed by atoms with Gasteiger partial charge < -0.3 is 14.7 Å². The van der Waals surface area contributed by atoms with Crippen molar-refractivity contribution >= 4 is 5.82 Å². The van der Waals surface area contributed by atoms with Gasteiger partial charge in [0.25, 0.3) is 0 Å². The Labute approximate surface area is 106 Å². The van der Waals surface area contributed by atoms with Crippen LogP contribution in [-0.2, 0) is 4.74 Å². The molecule has 0 radical (unpaired) electrons. The molecule has 0 saturated carbocycles. The number of hydrogen-bond donors (Lipinski definition) is 1. The Morgan fingerprint density at radius 3 is 2.94 bits per heavy atom. The molecule has 1 N–H and O–H groups in total. The third-order valence-electron chi connectivity index (χ3n) is 3.26. The fourth-order valence-electron chi connectivity index (χ4n) is 2.02. The van der Waals surface area contributed by atoms with Crippen molar-refractivity contribution < 1.29 is 9.84 Å². The van der Waals surface area contributed by atoms with Gasteiger partial charge in [0, 0.05) is 6.54 Å². The minimum absolute atomic E-state index is 0.0283. The Hall–Kier alpha value is -1.71. The van der Waals surface area contributed by atoms with E-state index in [1.807, 2.05) is 18.7 Å². The summed E-state index contributed by atoms with van der Waals surface area (Å²) in [5.74, 6) is 0.544. The third-order valence-corrected chi connectivity index (χ3v) is 3.26. The highest BCUT2D eigenvalue weighted by Gasteiger charge is 2.27. The Morgan fingerprint density at radius 2 is 2.28 bits per heavy atom. The standard InChI is InChI=1S/C12H16N4O2/c1-8-9(2)14-15-12(11(8)5-13)16-3-4-18-7-10(16)6-17/h10,17H,3-4,6-7H2,1-2H3. The van der Waals surface area contributed by atoms with Crippen molar-refractivity contribution in [3.63, 3.8) is 0 Å². The van der Waals surface area contributed by atoms with E-state index in [9.17, 15) is 10.4 Å². The Kier molecular flexibility index (Phi) is 3.75. The zero-order chi connectivity index (χ0) is 13.1. The molecule has 6 nitrogen and oxygen atoms in total. The van der Waals surface area contributed by atoms with Gasteiger partial charge in [-0.2, -0.15) is 10.4 Å². The highest BCUT2D eigenvalue weighted by molar-refractivity contribution is 5.58. The molecule has 1 unspecified atom stereocenters. The zero-order valence-electron chi connectivity index (χ0n) is 10.6. The van der Waals surface area contributed by atoms with Gasteiger partial charge in [0.15, 0.2) is 5.82 Å². The van der Waals surface area contributed by atoms with Gasteiger partial charge in [0.1, 0.15) is 11.6 Å². The van der Waals surface area contributed by atoms with E-state index in [2.05, 4.69) is 16.3 Å². The molecule has 1 atom stereocenters. The summed E-state index contributed by atoms with van der Waals surface area (Å²) in [6.45, 7) is 5.28. The van der Waals surface area contributed by atoms with Crippen LogP contribution in [0.1, 0.15) is 16.8 Å². The van der Waals surface area contributed by atoms with Crippen LogP contribution in [0.25, 0.3) is 0 Å². The van der Waals surface area contributed by atoms with Crippen LogP contribution in [-0.4, -0.2) is 47.7 Å². The van der Waals surface area contributed by atoms with Gasteiger partial charge in [-0.15, -0.1) is 5.10 Å². The molecule has 0 spiro atoms. The van der Waals surface area contributed by atoms with Gasteiger partial charge in [-0.1, -0.05) is 0 Å². The second-order valence-electron chi connectivity index (χ2n) is 4.33. The lowest BCUT2D eigenvalue weighted by Crippen LogP contribution is -2.48. The molecular weight excluding hydrogens is 232 g/mol. The number of nitriles is 1. The van der Waals surface area contributed by atoms with E-state index >= 15 is 0 Å². The summed E-state index contributed by atoms with van der Waals surface area (Å²) in [5.41, 5.74) is 2.12. The minimum Gasteiger partial charge on any atom is -0.394 e. The maximum Gasteiger partial charge on any atom is 0.170 e. The molecule has 0 bridgehead atoms. The van der Waals surface area contributed by atoms with Crippen LogP contribution in [0.3, 0.4) is 0 Å². The van der Waals surface area contributed by atoms with Crippen LogP contribution < -0.4 is 4.90 Å². The molecule has 0 aromatic carbocycles. The fraction of sp³-hybridized carbons (Fsp3) is 0.583. The number of morpholine rings is 1. The van der Waals surface area contributed by atoms with E-state index in [0.29, 0.717) is 31.1 Å². The van der Waals surface area contributed by atoms with Crippen molar-refractivity contribution in [3.05, 3.63) is 16.8 Å². The van der Waals surface area contributed by atoms with E-state index in [1.165, 1.54) is 0 Å². The molecule has 96 valence electrons. The molecule has 2 heterocycles. The predicted octanol–water partition coefficient (Wildman–Crippen LogP) is 0.163. The van der Waals surface area contributed by atoms with Crippen LogP contribution >= 0.6 is 0 Å². The number of aliphatic hydroxyl groups is 1. The molecule has 2 rings (SSSR count). The summed E-state index contributed by atoms with van der Waals surface area (Å²) in [7, 11) is 0. The Bertz CT molecular complexity index is 484. The second-order valence-corrected chi connectivity index (χ2v) is 4.33. The first-order chi connectivity index (χ1) is 8.69. The summed E-state index contributed by atoms with van der Waals surface area (Å²) in [6, 6.07) is 2.02. The average Bonchev–Trinajstić information content (AvgIpc) is 2.41. The van der Waals surface area contributed by atoms with E-state index in [1.54, 1.807) is 0 Å². The van der Waals surface area contributed by atoms with E-state index in [-0.39, 0.29) is 12.6 Å². The van der Waals surface area contributed by atoms with E-state index < -0.39 is 0 Å². The number of nitrogens with zero attached hydrogens (tertiary/aromatic N) is 4. The lowest BCUT2D eigenvalue weighted by molar-refractivity contribution is 0.0721. The highest BCUT2D eigenvalue weighted by Crippen LogP contribution is 2.24. The van der Waals surface area contributed by atoms with Gasteiger partial charge in [0.05, 0.1) is 31.6 Å². The molecule has 0 aliphatic carbocycles. The first-order valence-corrected chi connectivity index (χ1v) is 5.88. The first kappa shape index (κ1) is 12.7. The monoisotopic (exact) mass is 248 g/mol. The summed E-state index contributed by atoms with van der Waals surface area (Å²) in [5, 5.41) is 26.8. The topological polar surface area (TPSA) is 82.3 Å². The van der Waals surface area contributed by atoms with E-state index in [4.69, 9.17) is 4.74 Å². The number of aryl methyl sites for hydroxylation is 1. The summed E-state index contributed by atoms with van der Waals surface area (Å²) in [6.07, 6.45) is 0. The predicted molar refractivity (Wildman–Crippen MR) is 65.3 cm³/mol. The summed E-state index contributed by atoms with van der Waals surface area (Å²) >= 11 is 0. The number of rotatable bonds is 2. The molecule has 1 aliphatic heterocycles. The molecule has 6 heteroatoms. The summed E-state index contributed by atoms with van der Waals surface area (Å²) in [4.78, 5) is 1.90. The van der Waals surface area contributed by atoms with Crippen LogP contribution in [0.15, 0.2) is 0 Å². The van der Waals surface area contributed by atoms with Crippen LogP contribution in [0.5, 0.6) is 0 Å². The minimum atomic E-state index is -0.165. The van der Waals surface area contributed by atoms with Crippen molar-refractivity contribution in [1.82, 2.24) is 10.2 Å². The van der Waals surface area contributed by atoms with Crippen LogP contribution in [0, 0.1) is 25.2 Å². The van der Waals surface area contributed by atoms with Gasteiger partial charge in [-0.05, 0) is 19.4 Å². The number of ether oxygens (including phenoxy) is 1. The molecule has 1 aromatic rings. The quantitative estimate of drug-likeness (QED) is 0.803. The Balaban J connectivity index is 2.44. The third kappa shape index (κ3) is 2.15. The number of aromatic nitrogens is 2. The SMILES string of the molecule is Cc1nnc(N2CCOCC2CO)c(C#N)c1C. The number of aliphatic hydroxyl groups excluding tert-OH is 1. The first-order valence-electron chi connectivity index (χ1n) is 5.88. The van der Waals surface area contributed by atoms with E-state index in [0.717, 1.165) is 11.3 Å². The van der Waals surface area contributed by atoms with Crippen molar-refractivity contribution in [2.45, 2.75) is 19.9 Å². The van der Waals surface area contributed by atoms with Crippen LogP contribution in [0.4, 0.5) is 5.82 Å². The molecule has 0 amide bonds. The van der Waals surface area contributed by atoms with Crippen molar-refractivity contribution in [2.24, 2.45) is 0 Å². The highest BCUT2D eigenvalue weighted by atomic mass is 16.5. The molecule has 1 fully saturated rings. The van der Waals surface area contributed by atoms with Gasteiger partial charge >= 0.3 is 0 Å². The fourth-order valence-corrected chi connectivity index (χ4v) is 2.02. The van der Waals surface area contributed by atoms with Crippen molar-refractivity contribution in [1.29, 1.82) is 5.26 Å². The van der Waals surface area contributed by atoms with Crippen LogP contribution in [0.2, 0.25) is 0 Å². The molecule has 18 heavy (non-hydrogen) atoms. The van der Waals surface area contributed by atoms with Gasteiger partial charge in [-0.3, -0.25) is 0 Å². The lowest BCUT2D eigenvalue weighted by atomic mass is 10.1. The molecular formula is C12H16N4O2. The van der Waals surface area contributed by atoms with Crippen molar-refractivity contribution in [3.8, 4) is 6.07 Å². The van der Waals surface area contributed by atoms with Crippen molar-refractivity contribution in [2.75, 3.05) is 31.3 Å². The molecule has 1 aliphatic rings.